The van der Waals surface area contributed by atoms with Gasteiger partial charge in [-0.1, -0.05) is 45.4 Å². The van der Waals surface area contributed by atoms with E-state index in [4.69, 9.17) is 10.5 Å². The lowest BCUT2D eigenvalue weighted by Gasteiger charge is -2.25. The highest BCUT2D eigenvalue weighted by atomic mass is 16.5. The van der Waals surface area contributed by atoms with Gasteiger partial charge in [-0.3, -0.25) is 0 Å². The summed E-state index contributed by atoms with van der Waals surface area (Å²) in [5.74, 6) is 1.22. The Morgan fingerprint density at radius 1 is 1.28 bits per heavy atom. The van der Waals surface area contributed by atoms with Gasteiger partial charge in [0, 0.05) is 6.04 Å². The molecule has 0 amide bonds. The Bertz CT molecular complexity index is 352. The summed E-state index contributed by atoms with van der Waals surface area (Å²) >= 11 is 0. The minimum atomic E-state index is -0.329. The van der Waals surface area contributed by atoms with Crippen molar-refractivity contribution < 1.29 is 9.84 Å². The molecule has 0 heterocycles. The Morgan fingerprint density at radius 2 is 1.94 bits per heavy atom. The number of benzene rings is 1. The highest BCUT2D eigenvalue weighted by molar-refractivity contribution is 5.35. The predicted octanol–water partition coefficient (Wildman–Crippen LogP) is 2.68. The lowest BCUT2D eigenvalue weighted by molar-refractivity contribution is 0.0906. The van der Waals surface area contributed by atoms with Gasteiger partial charge in [0.15, 0.2) is 0 Å². The second-order valence-electron chi connectivity index (χ2n) is 4.98. The molecule has 0 fully saturated rings. The molecular formula is C15H25NO2. The van der Waals surface area contributed by atoms with Crippen LogP contribution < -0.4 is 10.5 Å². The molecule has 18 heavy (non-hydrogen) atoms. The van der Waals surface area contributed by atoms with Crippen molar-refractivity contribution in [3.05, 3.63) is 29.8 Å². The predicted molar refractivity (Wildman–Crippen MR) is 74.9 cm³/mol. The largest absolute Gasteiger partial charge is 0.486 e. The van der Waals surface area contributed by atoms with Crippen molar-refractivity contribution in [1.82, 2.24) is 0 Å². The SMILES string of the molecule is CCCC(N)C(CO)Oc1ccccc1C(C)C. The Balaban J connectivity index is 2.81. The van der Waals surface area contributed by atoms with Crippen LogP contribution in [-0.4, -0.2) is 23.9 Å². The van der Waals surface area contributed by atoms with Crippen LogP contribution >= 0.6 is 0 Å². The van der Waals surface area contributed by atoms with Crippen molar-refractivity contribution in [3.8, 4) is 5.75 Å². The van der Waals surface area contributed by atoms with E-state index in [9.17, 15) is 5.11 Å². The van der Waals surface area contributed by atoms with E-state index in [1.54, 1.807) is 0 Å². The fourth-order valence-electron chi connectivity index (χ4n) is 2.01. The van der Waals surface area contributed by atoms with Gasteiger partial charge in [-0.25, -0.2) is 0 Å². The molecule has 2 unspecified atom stereocenters. The van der Waals surface area contributed by atoms with Gasteiger partial charge in [0.1, 0.15) is 11.9 Å². The minimum absolute atomic E-state index is 0.0480. The van der Waals surface area contributed by atoms with E-state index in [-0.39, 0.29) is 18.8 Å². The first kappa shape index (κ1) is 15.0. The van der Waals surface area contributed by atoms with Gasteiger partial charge < -0.3 is 15.6 Å². The summed E-state index contributed by atoms with van der Waals surface area (Å²) in [5.41, 5.74) is 7.18. The minimum Gasteiger partial charge on any atom is -0.486 e. The van der Waals surface area contributed by atoms with E-state index in [0.717, 1.165) is 24.2 Å². The van der Waals surface area contributed by atoms with Crippen LogP contribution in [0.15, 0.2) is 24.3 Å². The monoisotopic (exact) mass is 251 g/mol. The molecule has 0 aliphatic rings. The molecule has 0 aliphatic heterocycles. The standard InChI is InChI=1S/C15H25NO2/c1-4-7-13(16)15(10-17)18-14-9-6-5-8-12(14)11(2)3/h5-6,8-9,11,13,15,17H,4,7,10,16H2,1-3H3. The number of ether oxygens (including phenoxy) is 1. The van der Waals surface area contributed by atoms with Gasteiger partial charge in [0.25, 0.3) is 0 Å². The molecule has 0 spiro atoms. The van der Waals surface area contributed by atoms with E-state index in [0.29, 0.717) is 5.92 Å². The van der Waals surface area contributed by atoms with Crippen LogP contribution in [0.5, 0.6) is 5.75 Å². The average molecular weight is 251 g/mol. The summed E-state index contributed by atoms with van der Waals surface area (Å²) in [6.45, 7) is 6.29. The van der Waals surface area contributed by atoms with Crippen molar-refractivity contribution in [2.45, 2.75) is 51.7 Å². The quantitative estimate of drug-likeness (QED) is 0.783. The Hall–Kier alpha value is -1.06. The fourth-order valence-corrected chi connectivity index (χ4v) is 2.01. The van der Waals surface area contributed by atoms with Crippen LogP contribution in [0.3, 0.4) is 0 Å². The van der Waals surface area contributed by atoms with Crippen LogP contribution in [0.1, 0.15) is 45.1 Å². The third kappa shape index (κ3) is 4.00. The zero-order chi connectivity index (χ0) is 13.5. The first-order valence-electron chi connectivity index (χ1n) is 6.72. The number of aliphatic hydroxyl groups is 1. The Morgan fingerprint density at radius 3 is 2.50 bits per heavy atom. The number of para-hydroxylation sites is 1. The van der Waals surface area contributed by atoms with Crippen molar-refractivity contribution >= 4 is 0 Å². The molecule has 0 aromatic heterocycles. The average Bonchev–Trinajstić information content (AvgIpc) is 2.36. The topological polar surface area (TPSA) is 55.5 Å². The van der Waals surface area contributed by atoms with Crippen LogP contribution in [0.25, 0.3) is 0 Å². The molecule has 2 atom stereocenters. The van der Waals surface area contributed by atoms with Crippen LogP contribution in [0.2, 0.25) is 0 Å². The molecule has 0 bridgehead atoms. The normalized spacial score (nSPS) is 14.6. The molecule has 0 saturated carbocycles. The maximum atomic E-state index is 9.41. The lowest BCUT2D eigenvalue weighted by Crippen LogP contribution is -2.41. The number of nitrogens with two attached hydrogens (primary N) is 1. The van der Waals surface area contributed by atoms with E-state index < -0.39 is 0 Å². The van der Waals surface area contributed by atoms with Crippen molar-refractivity contribution in [2.24, 2.45) is 5.73 Å². The molecule has 1 aromatic rings. The molecule has 0 radical (unpaired) electrons. The second-order valence-corrected chi connectivity index (χ2v) is 4.98. The summed E-state index contributed by atoms with van der Waals surface area (Å²) in [6, 6.07) is 7.82. The number of rotatable bonds is 7. The summed E-state index contributed by atoms with van der Waals surface area (Å²) in [5, 5.41) is 9.41. The fraction of sp³-hybridized carbons (Fsp3) is 0.600. The van der Waals surface area contributed by atoms with Gasteiger partial charge >= 0.3 is 0 Å². The highest BCUT2D eigenvalue weighted by Gasteiger charge is 2.19. The van der Waals surface area contributed by atoms with Crippen LogP contribution in [-0.2, 0) is 0 Å². The molecule has 3 nitrogen and oxygen atoms in total. The summed E-state index contributed by atoms with van der Waals surface area (Å²) in [6.07, 6.45) is 1.52. The first-order valence-corrected chi connectivity index (χ1v) is 6.72. The first-order chi connectivity index (χ1) is 8.60. The van der Waals surface area contributed by atoms with Crippen LogP contribution in [0, 0.1) is 0 Å². The van der Waals surface area contributed by atoms with E-state index in [1.807, 2.05) is 18.2 Å². The van der Waals surface area contributed by atoms with Gasteiger partial charge in [-0.05, 0) is 24.0 Å². The van der Waals surface area contributed by atoms with E-state index in [1.165, 1.54) is 0 Å². The number of hydrogen-bond donors (Lipinski definition) is 2. The van der Waals surface area contributed by atoms with Gasteiger partial charge in [0.2, 0.25) is 0 Å². The summed E-state index contributed by atoms with van der Waals surface area (Å²) < 4.78 is 5.90. The zero-order valence-corrected chi connectivity index (χ0v) is 11.6. The molecule has 1 aromatic carbocycles. The van der Waals surface area contributed by atoms with Gasteiger partial charge in [0.05, 0.1) is 6.61 Å². The maximum Gasteiger partial charge on any atom is 0.137 e. The van der Waals surface area contributed by atoms with Crippen molar-refractivity contribution in [3.63, 3.8) is 0 Å². The maximum absolute atomic E-state index is 9.41. The van der Waals surface area contributed by atoms with E-state index >= 15 is 0 Å². The summed E-state index contributed by atoms with van der Waals surface area (Å²) in [7, 11) is 0. The third-order valence-corrected chi connectivity index (χ3v) is 3.10. The molecular weight excluding hydrogens is 226 g/mol. The molecule has 1 rings (SSSR count). The molecule has 0 saturated heterocycles. The Labute approximate surface area is 110 Å². The second kappa shape index (κ2) is 7.39. The zero-order valence-electron chi connectivity index (χ0n) is 11.6. The number of aliphatic hydroxyl groups excluding tert-OH is 1. The van der Waals surface area contributed by atoms with Crippen LogP contribution in [0.4, 0.5) is 0 Å². The molecule has 102 valence electrons. The third-order valence-electron chi connectivity index (χ3n) is 3.10. The molecule has 3 heteroatoms. The van der Waals surface area contributed by atoms with Crippen molar-refractivity contribution in [2.75, 3.05) is 6.61 Å². The lowest BCUT2D eigenvalue weighted by atomic mass is 10.0. The Kier molecular flexibility index (Phi) is 6.16. The number of hydrogen-bond acceptors (Lipinski definition) is 3. The highest BCUT2D eigenvalue weighted by Crippen LogP contribution is 2.27. The van der Waals surface area contributed by atoms with Gasteiger partial charge in [-0.2, -0.15) is 0 Å². The molecule has 3 N–H and O–H groups in total. The van der Waals surface area contributed by atoms with Gasteiger partial charge in [-0.15, -0.1) is 0 Å². The summed E-state index contributed by atoms with van der Waals surface area (Å²) in [4.78, 5) is 0. The smallest absolute Gasteiger partial charge is 0.137 e. The van der Waals surface area contributed by atoms with E-state index in [2.05, 4.69) is 26.8 Å². The van der Waals surface area contributed by atoms with Crippen molar-refractivity contribution in [1.29, 1.82) is 0 Å². The molecule has 0 aliphatic carbocycles.